The molecule has 0 spiro atoms. The van der Waals surface area contributed by atoms with Crippen LogP contribution >= 0.6 is 0 Å². The van der Waals surface area contributed by atoms with Crippen LogP contribution in [0.3, 0.4) is 0 Å². The van der Waals surface area contributed by atoms with Gasteiger partial charge in [-0.3, -0.25) is 0 Å². The Balaban J connectivity index is 2.68. The molecule has 0 saturated heterocycles. The highest BCUT2D eigenvalue weighted by Crippen LogP contribution is 2.32. The van der Waals surface area contributed by atoms with Crippen molar-refractivity contribution in [1.82, 2.24) is 4.98 Å². The van der Waals surface area contributed by atoms with E-state index in [4.69, 9.17) is 5.11 Å². The largest absolute Gasteiger partial charge is 0.476 e. The van der Waals surface area contributed by atoms with E-state index in [9.17, 15) is 22.4 Å². The van der Waals surface area contributed by atoms with Crippen molar-refractivity contribution < 1.29 is 27.5 Å². The summed E-state index contributed by atoms with van der Waals surface area (Å²) in [6.45, 7) is 0. The molecule has 1 heterocycles. The van der Waals surface area contributed by atoms with E-state index in [2.05, 4.69) is 4.98 Å². The fourth-order valence-corrected chi connectivity index (χ4v) is 1.49. The van der Waals surface area contributed by atoms with Crippen molar-refractivity contribution in [3.8, 4) is 0 Å². The quantitative estimate of drug-likeness (QED) is 0.761. The molecule has 2 N–H and O–H groups in total. The van der Waals surface area contributed by atoms with E-state index in [0.717, 1.165) is 6.07 Å². The Morgan fingerprint density at radius 2 is 1.94 bits per heavy atom. The van der Waals surface area contributed by atoms with Gasteiger partial charge in [0.15, 0.2) is 11.5 Å². The smallest absolute Gasteiger partial charge is 0.416 e. The summed E-state index contributed by atoms with van der Waals surface area (Å²) in [6, 6.07) is 2.27. The van der Waals surface area contributed by atoms with E-state index in [0.29, 0.717) is 12.1 Å². The number of alkyl halides is 3. The molecule has 0 bridgehead atoms. The van der Waals surface area contributed by atoms with Gasteiger partial charge in [0.05, 0.1) is 5.56 Å². The number of rotatable bonds is 1. The molecule has 0 atom stereocenters. The van der Waals surface area contributed by atoms with Crippen LogP contribution in [0.15, 0.2) is 18.2 Å². The minimum Gasteiger partial charge on any atom is -0.476 e. The van der Waals surface area contributed by atoms with Gasteiger partial charge in [-0.25, -0.2) is 9.18 Å². The van der Waals surface area contributed by atoms with E-state index in [1.165, 1.54) is 0 Å². The lowest BCUT2D eigenvalue weighted by Crippen LogP contribution is -2.04. The minimum absolute atomic E-state index is 0.185. The fraction of sp³-hybridized carbons (Fsp3) is 0.100. The van der Waals surface area contributed by atoms with Crippen LogP contribution in [0.2, 0.25) is 0 Å². The summed E-state index contributed by atoms with van der Waals surface area (Å²) in [7, 11) is 0. The summed E-state index contributed by atoms with van der Waals surface area (Å²) in [5.74, 6) is -2.63. The number of nitrogens with one attached hydrogen (secondary N) is 1. The van der Waals surface area contributed by atoms with Gasteiger partial charge in [-0.05, 0) is 18.2 Å². The standard InChI is InChI=1S/C10H5F4NO2/c11-7-5-2-1-4(10(12,13)14)3-6(5)15-8(7)9(16)17/h1-3,15H,(H,16,17). The van der Waals surface area contributed by atoms with Crippen LogP contribution in [0.5, 0.6) is 0 Å². The van der Waals surface area contributed by atoms with Gasteiger partial charge in [-0.1, -0.05) is 0 Å². The number of aromatic carboxylic acids is 1. The zero-order valence-corrected chi connectivity index (χ0v) is 8.10. The molecule has 17 heavy (non-hydrogen) atoms. The number of benzene rings is 1. The van der Waals surface area contributed by atoms with Crippen LogP contribution in [0, 0.1) is 5.82 Å². The molecule has 0 fully saturated rings. The maximum Gasteiger partial charge on any atom is 0.416 e. The normalized spacial score (nSPS) is 12.0. The Morgan fingerprint density at radius 3 is 2.47 bits per heavy atom. The molecule has 0 aliphatic carbocycles. The first-order valence-electron chi connectivity index (χ1n) is 4.42. The average molecular weight is 247 g/mol. The van der Waals surface area contributed by atoms with Crippen LogP contribution in [0.4, 0.5) is 17.6 Å². The molecule has 1 aromatic heterocycles. The van der Waals surface area contributed by atoms with Crippen LogP contribution in [0.25, 0.3) is 10.9 Å². The first-order valence-corrected chi connectivity index (χ1v) is 4.42. The van der Waals surface area contributed by atoms with Crippen molar-refractivity contribution in [1.29, 1.82) is 0 Å². The number of fused-ring (bicyclic) bond motifs is 1. The zero-order valence-electron chi connectivity index (χ0n) is 8.10. The molecule has 0 aliphatic rings. The molecular weight excluding hydrogens is 242 g/mol. The lowest BCUT2D eigenvalue weighted by atomic mass is 10.1. The van der Waals surface area contributed by atoms with Crippen molar-refractivity contribution in [3.05, 3.63) is 35.3 Å². The number of aromatic nitrogens is 1. The fourth-order valence-electron chi connectivity index (χ4n) is 1.49. The van der Waals surface area contributed by atoms with E-state index >= 15 is 0 Å². The van der Waals surface area contributed by atoms with Gasteiger partial charge < -0.3 is 10.1 Å². The number of aromatic amines is 1. The van der Waals surface area contributed by atoms with E-state index in [-0.39, 0.29) is 10.9 Å². The molecule has 90 valence electrons. The number of carboxylic acids is 1. The molecule has 2 rings (SSSR count). The minimum atomic E-state index is -4.56. The third kappa shape index (κ3) is 1.83. The van der Waals surface area contributed by atoms with Crippen LogP contribution in [-0.4, -0.2) is 16.1 Å². The summed E-state index contributed by atoms with van der Waals surface area (Å²) in [4.78, 5) is 12.7. The van der Waals surface area contributed by atoms with Crippen molar-refractivity contribution >= 4 is 16.9 Å². The Morgan fingerprint density at radius 1 is 1.29 bits per heavy atom. The Hall–Kier alpha value is -2.05. The number of carbonyl (C=O) groups is 1. The van der Waals surface area contributed by atoms with Crippen molar-refractivity contribution in [2.24, 2.45) is 0 Å². The predicted molar refractivity (Wildman–Crippen MR) is 50.2 cm³/mol. The highest BCUT2D eigenvalue weighted by Gasteiger charge is 2.31. The summed E-state index contributed by atoms with van der Waals surface area (Å²) in [6.07, 6.45) is -4.56. The van der Waals surface area contributed by atoms with Crippen LogP contribution in [-0.2, 0) is 6.18 Å². The lowest BCUT2D eigenvalue weighted by molar-refractivity contribution is -0.137. The summed E-state index contributed by atoms with van der Waals surface area (Å²) in [5.41, 5.74) is -1.92. The SMILES string of the molecule is O=C(O)c1[nH]c2cc(C(F)(F)F)ccc2c1F. The summed E-state index contributed by atoms with van der Waals surface area (Å²) in [5, 5.41) is 8.42. The number of carboxylic acid groups (broad SMARTS) is 1. The maximum atomic E-state index is 13.4. The van der Waals surface area contributed by atoms with Gasteiger partial charge in [-0.15, -0.1) is 0 Å². The molecule has 0 unspecified atom stereocenters. The predicted octanol–water partition coefficient (Wildman–Crippen LogP) is 3.02. The van der Waals surface area contributed by atoms with Crippen LogP contribution < -0.4 is 0 Å². The topological polar surface area (TPSA) is 53.1 Å². The van der Waals surface area contributed by atoms with Gasteiger partial charge in [0.2, 0.25) is 0 Å². The number of hydrogen-bond acceptors (Lipinski definition) is 1. The monoisotopic (exact) mass is 247 g/mol. The van der Waals surface area contributed by atoms with Crippen molar-refractivity contribution in [3.63, 3.8) is 0 Å². The number of hydrogen-bond donors (Lipinski definition) is 2. The zero-order chi connectivity index (χ0) is 12.8. The maximum absolute atomic E-state index is 13.4. The van der Waals surface area contributed by atoms with Gasteiger partial charge in [0.1, 0.15) is 0 Å². The van der Waals surface area contributed by atoms with E-state index < -0.39 is 29.2 Å². The van der Waals surface area contributed by atoms with Gasteiger partial charge in [-0.2, -0.15) is 13.2 Å². The molecule has 0 saturated carbocycles. The average Bonchev–Trinajstić information content (AvgIpc) is 2.54. The molecule has 0 amide bonds. The second kappa shape index (κ2) is 3.47. The van der Waals surface area contributed by atoms with Crippen LogP contribution in [0.1, 0.15) is 16.1 Å². The second-order valence-corrected chi connectivity index (χ2v) is 3.38. The Bertz CT molecular complexity index is 600. The van der Waals surface area contributed by atoms with E-state index in [1.54, 1.807) is 0 Å². The third-order valence-corrected chi connectivity index (χ3v) is 2.28. The summed E-state index contributed by atoms with van der Waals surface area (Å²) < 4.78 is 50.5. The molecule has 3 nitrogen and oxygen atoms in total. The first-order chi connectivity index (χ1) is 7.80. The highest BCUT2D eigenvalue weighted by molar-refractivity contribution is 5.94. The summed E-state index contributed by atoms with van der Waals surface area (Å²) >= 11 is 0. The Labute approximate surface area is 91.7 Å². The van der Waals surface area contributed by atoms with Gasteiger partial charge in [0.25, 0.3) is 0 Å². The second-order valence-electron chi connectivity index (χ2n) is 3.38. The van der Waals surface area contributed by atoms with Crippen molar-refractivity contribution in [2.45, 2.75) is 6.18 Å². The Kier molecular flexibility index (Phi) is 2.34. The molecule has 7 heteroatoms. The number of halogens is 4. The third-order valence-electron chi connectivity index (χ3n) is 2.28. The molecule has 0 radical (unpaired) electrons. The number of H-pyrrole nitrogens is 1. The molecule has 0 aliphatic heterocycles. The van der Waals surface area contributed by atoms with Gasteiger partial charge in [0, 0.05) is 10.9 Å². The molecule has 2 aromatic rings. The van der Waals surface area contributed by atoms with E-state index in [1.807, 2.05) is 0 Å². The molecule has 1 aromatic carbocycles. The van der Waals surface area contributed by atoms with Gasteiger partial charge >= 0.3 is 12.1 Å². The highest BCUT2D eigenvalue weighted by atomic mass is 19.4. The van der Waals surface area contributed by atoms with Crippen molar-refractivity contribution in [2.75, 3.05) is 0 Å². The molecular formula is C10H5F4NO2. The lowest BCUT2D eigenvalue weighted by Gasteiger charge is -2.05. The first kappa shape index (κ1) is 11.4.